The van der Waals surface area contributed by atoms with Crippen LogP contribution in [0.3, 0.4) is 0 Å². The molecule has 1 atom stereocenters. The molecule has 4 rings (SSSR count). The van der Waals surface area contributed by atoms with Crippen molar-refractivity contribution in [1.82, 2.24) is 24.8 Å². The zero-order valence-corrected chi connectivity index (χ0v) is 17.7. The lowest BCUT2D eigenvalue weighted by Gasteiger charge is -2.14. The molecule has 4 aromatic rings. The molecule has 0 saturated carbocycles. The first-order valence-electron chi connectivity index (χ1n) is 10.2. The standard InChI is InChI=1S/C23H25N7O/c1-15(2)26-23(31)28-18-9-10-20-19(13-18)25-14-30(20)21-11-12-24-22(29-21)27-16(3)17-7-5-4-6-8-17/h4-16H,1-3H3,(H,24,27,29)(H2,26,28,31)/t16-/m0/s1. The van der Waals surface area contributed by atoms with E-state index < -0.39 is 0 Å². The van der Waals surface area contributed by atoms with E-state index >= 15 is 0 Å². The van der Waals surface area contributed by atoms with Gasteiger partial charge in [-0.25, -0.2) is 14.8 Å². The second-order valence-electron chi connectivity index (χ2n) is 7.59. The number of carbonyl (C=O) groups excluding carboxylic acids is 1. The Morgan fingerprint density at radius 3 is 2.58 bits per heavy atom. The zero-order chi connectivity index (χ0) is 21.8. The average Bonchev–Trinajstić information content (AvgIpc) is 3.17. The topological polar surface area (TPSA) is 96.8 Å². The smallest absolute Gasteiger partial charge is 0.319 e. The maximum Gasteiger partial charge on any atom is 0.319 e. The number of benzene rings is 2. The van der Waals surface area contributed by atoms with Crippen LogP contribution in [0.1, 0.15) is 32.4 Å². The summed E-state index contributed by atoms with van der Waals surface area (Å²) in [5, 5.41) is 8.97. The largest absolute Gasteiger partial charge is 0.348 e. The second-order valence-corrected chi connectivity index (χ2v) is 7.59. The molecule has 8 nitrogen and oxygen atoms in total. The molecule has 158 valence electrons. The van der Waals surface area contributed by atoms with Gasteiger partial charge in [-0.15, -0.1) is 0 Å². The summed E-state index contributed by atoms with van der Waals surface area (Å²) >= 11 is 0. The molecule has 2 aromatic heterocycles. The highest BCUT2D eigenvalue weighted by molar-refractivity contribution is 5.92. The number of anilines is 2. The van der Waals surface area contributed by atoms with Crippen LogP contribution in [0.5, 0.6) is 0 Å². The number of carbonyl (C=O) groups is 1. The SMILES string of the molecule is CC(C)NC(=O)Nc1ccc2c(c1)ncn2-c1ccnc(N[C@@H](C)c2ccccc2)n1. The number of rotatable bonds is 6. The third-order valence-electron chi connectivity index (χ3n) is 4.76. The summed E-state index contributed by atoms with van der Waals surface area (Å²) in [7, 11) is 0. The molecule has 0 unspecified atom stereocenters. The Hall–Kier alpha value is -3.94. The number of hydrogen-bond donors (Lipinski definition) is 3. The average molecular weight is 416 g/mol. The monoisotopic (exact) mass is 415 g/mol. The van der Waals surface area contributed by atoms with Gasteiger partial charge in [0.25, 0.3) is 0 Å². The molecule has 2 aromatic carbocycles. The second kappa shape index (κ2) is 8.83. The Morgan fingerprint density at radius 1 is 1.00 bits per heavy atom. The Labute approximate surface area is 180 Å². The van der Waals surface area contributed by atoms with Crippen molar-refractivity contribution in [2.24, 2.45) is 0 Å². The van der Waals surface area contributed by atoms with E-state index in [1.807, 2.05) is 60.9 Å². The predicted molar refractivity (Wildman–Crippen MR) is 122 cm³/mol. The van der Waals surface area contributed by atoms with Crippen LogP contribution in [0, 0.1) is 0 Å². The van der Waals surface area contributed by atoms with E-state index in [4.69, 9.17) is 0 Å². The molecule has 0 spiro atoms. The molecular formula is C23H25N7O. The molecular weight excluding hydrogens is 390 g/mol. The lowest BCUT2D eigenvalue weighted by Crippen LogP contribution is -2.34. The van der Waals surface area contributed by atoms with E-state index in [9.17, 15) is 4.79 Å². The van der Waals surface area contributed by atoms with Crippen molar-refractivity contribution < 1.29 is 4.79 Å². The maximum atomic E-state index is 11.9. The Balaban J connectivity index is 1.55. The van der Waals surface area contributed by atoms with Crippen LogP contribution in [0.15, 0.2) is 67.1 Å². The number of aromatic nitrogens is 4. The maximum absolute atomic E-state index is 11.9. The van der Waals surface area contributed by atoms with Crippen molar-refractivity contribution in [3.8, 4) is 5.82 Å². The van der Waals surface area contributed by atoms with Crippen molar-refractivity contribution in [1.29, 1.82) is 0 Å². The Bertz CT molecular complexity index is 1190. The van der Waals surface area contributed by atoms with E-state index in [0.29, 0.717) is 17.5 Å². The molecule has 0 aliphatic rings. The minimum atomic E-state index is -0.243. The van der Waals surface area contributed by atoms with Gasteiger partial charge >= 0.3 is 6.03 Å². The van der Waals surface area contributed by atoms with Gasteiger partial charge in [-0.2, -0.15) is 4.98 Å². The van der Waals surface area contributed by atoms with Crippen LogP contribution >= 0.6 is 0 Å². The van der Waals surface area contributed by atoms with E-state index in [0.717, 1.165) is 16.6 Å². The number of hydrogen-bond acceptors (Lipinski definition) is 5. The van der Waals surface area contributed by atoms with Crippen LogP contribution in [-0.4, -0.2) is 31.6 Å². The molecule has 0 aliphatic heterocycles. The lowest BCUT2D eigenvalue weighted by atomic mass is 10.1. The van der Waals surface area contributed by atoms with Crippen molar-refractivity contribution >= 4 is 28.7 Å². The van der Waals surface area contributed by atoms with Gasteiger partial charge in [-0.3, -0.25) is 4.57 Å². The number of nitrogens with one attached hydrogen (secondary N) is 3. The van der Waals surface area contributed by atoms with Gasteiger partial charge in [0.1, 0.15) is 12.1 Å². The first kappa shape index (κ1) is 20.3. The highest BCUT2D eigenvalue weighted by atomic mass is 16.2. The highest BCUT2D eigenvalue weighted by Gasteiger charge is 2.11. The number of urea groups is 1. The van der Waals surface area contributed by atoms with Crippen molar-refractivity contribution in [2.75, 3.05) is 10.6 Å². The molecule has 0 radical (unpaired) electrons. The summed E-state index contributed by atoms with van der Waals surface area (Å²) in [6.45, 7) is 5.90. The predicted octanol–water partition coefficient (Wildman–Crippen LogP) is 4.52. The summed E-state index contributed by atoms with van der Waals surface area (Å²) in [4.78, 5) is 25.4. The summed E-state index contributed by atoms with van der Waals surface area (Å²) in [6.07, 6.45) is 3.44. The first-order chi connectivity index (χ1) is 15.0. The van der Waals surface area contributed by atoms with Crippen LogP contribution in [0.4, 0.5) is 16.4 Å². The number of imidazole rings is 1. The minimum absolute atomic E-state index is 0.0631. The summed E-state index contributed by atoms with van der Waals surface area (Å²) in [5.41, 5.74) is 3.48. The highest BCUT2D eigenvalue weighted by Crippen LogP contribution is 2.22. The fraction of sp³-hybridized carbons (Fsp3) is 0.217. The molecule has 0 aliphatic carbocycles. The van der Waals surface area contributed by atoms with Crippen LogP contribution in [0.2, 0.25) is 0 Å². The molecule has 2 amide bonds. The van der Waals surface area contributed by atoms with Gasteiger partial charge in [0.05, 0.1) is 17.1 Å². The van der Waals surface area contributed by atoms with Gasteiger partial charge in [0.15, 0.2) is 0 Å². The fourth-order valence-electron chi connectivity index (χ4n) is 3.27. The van der Waals surface area contributed by atoms with Gasteiger partial charge in [-0.05, 0) is 50.6 Å². The number of nitrogens with zero attached hydrogens (tertiary/aromatic N) is 4. The van der Waals surface area contributed by atoms with Crippen molar-refractivity contribution in [2.45, 2.75) is 32.9 Å². The van der Waals surface area contributed by atoms with Crippen LogP contribution in [-0.2, 0) is 0 Å². The lowest BCUT2D eigenvalue weighted by molar-refractivity contribution is 0.250. The number of amides is 2. The Kier molecular flexibility index (Phi) is 5.79. The molecule has 3 N–H and O–H groups in total. The normalized spacial score (nSPS) is 12.0. The minimum Gasteiger partial charge on any atom is -0.348 e. The molecule has 0 saturated heterocycles. The number of fused-ring (bicyclic) bond motifs is 1. The summed E-state index contributed by atoms with van der Waals surface area (Å²) in [5.74, 6) is 1.25. The molecule has 0 fully saturated rings. The van der Waals surface area contributed by atoms with Crippen molar-refractivity contribution in [3.63, 3.8) is 0 Å². The Morgan fingerprint density at radius 2 is 1.81 bits per heavy atom. The van der Waals surface area contributed by atoms with Gasteiger partial charge < -0.3 is 16.0 Å². The van der Waals surface area contributed by atoms with Crippen LogP contribution < -0.4 is 16.0 Å². The third kappa shape index (κ3) is 4.80. The van der Waals surface area contributed by atoms with Gasteiger partial charge in [-0.1, -0.05) is 30.3 Å². The molecule has 31 heavy (non-hydrogen) atoms. The summed E-state index contributed by atoms with van der Waals surface area (Å²) < 4.78 is 1.90. The van der Waals surface area contributed by atoms with Crippen LogP contribution in [0.25, 0.3) is 16.9 Å². The first-order valence-corrected chi connectivity index (χ1v) is 10.2. The van der Waals surface area contributed by atoms with Gasteiger partial charge in [0, 0.05) is 17.9 Å². The van der Waals surface area contributed by atoms with Crippen molar-refractivity contribution in [3.05, 3.63) is 72.7 Å². The molecule has 0 bridgehead atoms. The fourth-order valence-corrected chi connectivity index (χ4v) is 3.27. The van der Waals surface area contributed by atoms with E-state index in [1.165, 1.54) is 0 Å². The summed E-state index contributed by atoms with van der Waals surface area (Å²) in [6, 6.07) is 17.5. The third-order valence-corrected chi connectivity index (χ3v) is 4.76. The quantitative estimate of drug-likeness (QED) is 0.430. The molecule has 2 heterocycles. The zero-order valence-electron chi connectivity index (χ0n) is 17.7. The van der Waals surface area contributed by atoms with E-state index in [1.54, 1.807) is 12.5 Å². The molecule has 8 heteroatoms. The van der Waals surface area contributed by atoms with E-state index in [2.05, 4.69) is 50.0 Å². The van der Waals surface area contributed by atoms with Gasteiger partial charge in [0.2, 0.25) is 5.95 Å². The van der Waals surface area contributed by atoms with E-state index in [-0.39, 0.29) is 18.1 Å².